The molecule has 0 spiro atoms. The van der Waals surface area contributed by atoms with Crippen molar-refractivity contribution in [3.05, 3.63) is 0 Å². The predicted molar refractivity (Wildman–Crippen MR) is 40.7 cm³/mol. The summed E-state index contributed by atoms with van der Waals surface area (Å²) in [7, 11) is -7.33. The average Bonchev–Trinajstić information content (AvgIpc) is 1.12. The van der Waals surface area contributed by atoms with E-state index in [1.54, 1.807) is 0 Å². The van der Waals surface area contributed by atoms with E-state index in [1.165, 1.54) is 0 Å². The van der Waals surface area contributed by atoms with Gasteiger partial charge in [-0.15, -0.1) is 0 Å². The van der Waals surface area contributed by atoms with Crippen LogP contribution >= 0.6 is 0 Å². The Morgan fingerprint density at radius 3 is 0.818 bits per heavy atom. The first-order valence-electron chi connectivity index (χ1n) is 1.85. The average molecular weight is 399 g/mol. The third-order valence-corrected chi connectivity index (χ3v) is 0. The zero-order valence-corrected chi connectivity index (χ0v) is 11.4. The molecule has 0 amide bonds. The van der Waals surface area contributed by atoms with Gasteiger partial charge < -0.3 is 0 Å². The first-order valence-corrected chi connectivity index (χ1v) is 5.54. The molecule has 0 aromatic rings. The van der Waals surface area contributed by atoms with E-state index >= 15 is 0 Å². The molecule has 0 saturated carbocycles. The standard InChI is InChI=1S/2CH4O3S.Pb/c2*1-5(2,3)4;/h2*1H3,(H,2,3,4);/q;;+2. The third kappa shape index (κ3) is 1490. The Hall–Kier alpha value is 0.742. The second kappa shape index (κ2) is 6.28. The van der Waals surface area contributed by atoms with Crippen molar-refractivity contribution in [3.63, 3.8) is 0 Å². The molecule has 11 heavy (non-hydrogen) atoms. The minimum atomic E-state index is -3.67. The molecule has 6 nitrogen and oxygen atoms in total. The summed E-state index contributed by atoms with van der Waals surface area (Å²) in [6, 6.07) is 0. The minimum absolute atomic E-state index is 0. The quantitative estimate of drug-likeness (QED) is 0.384. The Kier molecular flexibility index (Phi) is 10.1. The van der Waals surface area contributed by atoms with E-state index in [0.29, 0.717) is 12.5 Å². The van der Waals surface area contributed by atoms with Crippen molar-refractivity contribution >= 4 is 47.5 Å². The van der Waals surface area contributed by atoms with E-state index < -0.39 is 20.2 Å². The molecule has 0 saturated heterocycles. The van der Waals surface area contributed by atoms with Gasteiger partial charge in [-0.2, -0.15) is 16.8 Å². The van der Waals surface area contributed by atoms with Crippen LogP contribution in [0.15, 0.2) is 0 Å². The fraction of sp³-hybridized carbons (Fsp3) is 1.00. The molecule has 0 aromatic carbocycles. The summed E-state index contributed by atoms with van der Waals surface area (Å²) in [5.41, 5.74) is 0. The van der Waals surface area contributed by atoms with E-state index in [9.17, 15) is 16.8 Å². The summed E-state index contributed by atoms with van der Waals surface area (Å²) >= 11 is 0. The van der Waals surface area contributed by atoms with Gasteiger partial charge in [0.1, 0.15) is 0 Å². The van der Waals surface area contributed by atoms with Gasteiger partial charge in [-0.1, -0.05) is 0 Å². The summed E-state index contributed by atoms with van der Waals surface area (Å²) in [6.45, 7) is 0. The normalized spacial score (nSPS) is 10.5. The maximum atomic E-state index is 9.19. The fourth-order valence-electron chi connectivity index (χ4n) is 0. The van der Waals surface area contributed by atoms with Gasteiger partial charge in [-0.05, 0) is 0 Å². The molecule has 0 heterocycles. The van der Waals surface area contributed by atoms with E-state index in [0.717, 1.165) is 0 Å². The van der Waals surface area contributed by atoms with Crippen molar-refractivity contribution < 1.29 is 25.9 Å². The Labute approximate surface area is 85.6 Å². The van der Waals surface area contributed by atoms with Crippen LogP contribution in [0.5, 0.6) is 0 Å². The molecule has 0 aliphatic heterocycles. The molecule has 0 aromatic heterocycles. The molecule has 0 unspecified atom stereocenters. The van der Waals surface area contributed by atoms with Crippen LogP contribution in [0.4, 0.5) is 0 Å². The smallest absolute Gasteiger partial charge is 0.286 e. The van der Waals surface area contributed by atoms with Crippen molar-refractivity contribution in [2.75, 3.05) is 12.5 Å². The number of hydrogen-bond donors (Lipinski definition) is 2. The molecule has 0 aliphatic rings. The maximum absolute atomic E-state index is 9.19. The van der Waals surface area contributed by atoms with Crippen molar-refractivity contribution in [2.45, 2.75) is 0 Å². The minimum Gasteiger partial charge on any atom is -0.286 e. The maximum Gasteiger partial charge on any atom is 2.00 e. The zero-order chi connectivity index (χ0) is 9.00. The molecular weight excluding hydrogens is 391 g/mol. The Morgan fingerprint density at radius 2 is 0.818 bits per heavy atom. The van der Waals surface area contributed by atoms with Gasteiger partial charge in [-0.3, -0.25) is 9.11 Å². The van der Waals surface area contributed by atoms with Crippen molar-refractivity contribution in [3.8, 4) is 0 Å². The van der Waals surface area contributed by atoms with Crippen LogP contribution in [0.25, 0.3) is 0 Å². The van der Waals surface area contributed by atoms with Crippen LogP contribution in [-0.4, -0.2) is 65.8 Å². The molecule has 66 valence electrons. The molecule has 0 rings (SSSR count). The molecule has 0 aliphatic carbocycles. The van der Waals surface area contributed by atoms with E-state index in [4.69, 9.17) is 9.11 Å². The predicted octanol–water partition coefficient (Wildman–Crippen LogP) is -1.37. The Bertz CT molecular complexity index is 215. The van der Waals surface area contributed by atoms with Crippen LogP contribution in [-0.2, 0) is 20.2 Å². The molecule has 0 fully saturated rings. The Morgan fingerprint density at radius 1 is 0.818 bits per heavy atom. The van der Waals surface area contributed by atoms with Crippen LogP contribution in [0.2, 0.25) is 0 Å². The van der Waals surface area contributed by atoms with Gasteiger partial charge in [0.05, 0.1) is 12.5 Å². The first kappa shape index (κ1) is 17.7. The monoisotopic (exact) mass is 400 g/mol. The van der Waals surface area contributed by atoms with Crippen LogP contribution in [0.3, 0.4) is 0 Å². The van der Waals surface area contributed by atoms with Crippen LogP contribution < -0.4 is 0 Å². The second-order valence-electron chi connectivity index (χ2n) is 1.47. The number of rotatable bonds is 0. The van der Waals surface area contributed by atoms with E-state index in [-0.39, 0.29) is 27.3 Å². The Balaban J connectivity index is -0.000000107. The van der Waals surface area contributed by atoms with E-state index in [1.807, 2.05) is 0 Å². The molecule has 9 heteroatoms. The fourth-order valence-corrected chi connectivity index (χ4v) is 0. The van der Waals surface area contributed by atoms with Crippen molar-refractivity contribution in [1.82, 2.24) is 0 Å². The van der Waals surface area contributed by atoms with Crippen LogP contribution in [0.1, 0.15) is 0 Å². The topological polar surface area (TPSA) is 109 Å². The summed E-state index contributed by atoms with van der Waals surface area (Å²) in [6.07, 6.45) is 1.43. The van der Waals surface area contributed by atoms with E-state index in [2.05, 4.69) is 0 Å². The summed E-state index contributed by atoms with van der Waals surface area (Å²) in [5.74, 6) is 0. The van der Waals surface area contributed by atoms with Crippen LogP contribution in [0, 0.1) is 0 Å². The summed E-state index contributed by atoms with van der Waals surface area (Å²) in [5, 5.41) is 0. The zero-order valence-electron chi connectivity index (χ0n) is 5.84. The molecular formula is C2H8O6PbS2+2. The first-order chi connectivity index (χ1) is 4.00. The van der Waals surface area contributed by atoms with Gasteiger partial charge in [0.25, 0.3) is 20.2 Å². The molecule has 2 N–H and O–H groups in total. The van der Waals surface area contributed by atoms with Crippen molar-refractivity contribution in [2.24, 2.45) is 0 Å². The van der Waals surface area contributed by atoms with Gasteiger partial charge in [0.15, 0.2) is 0 Å². The summed E-state index contributed by atoms with van der Waals surface area (Å²) < 4.78 is 51.7. The van der Waals surface area contributed by atoms with Crippen molar-refractivity contribution in [1.29, 1.82) is 0 Å². The largest absolute Gasteiger partial charge is 2.00 e. The SMILES string of the molecule is CS(=O)(=O)O.CS(=O)(=O)O.[Pb+2]. The van der Waals surface area contributed by atoms with Gasteiger partial charge in [-0.25, -0.2) is 0 Å². The molecule has 2 radical (unpaired) electrons. The summed E-state index contributed by atoms with van der Waals surface area (Å²) in [4.78, 5) is 0. The second-order valence-corrected chi connectivity index (χ2v) is 4.40. The molecule has 0 atom stereocenters. The molecule has 0 bridgehead atoms. The van der Waals surface area contributed by atoms with Gasteiger partial charge in [0, 0.05) is 0 Å². The van der Waals surface area contributed by atoms with Gasteiger partial charge >= 0.3 is 27.3 Å². The van der Waals surface area contributed by atoms with Gasteiger partial charge in [0.2, 0.25) is 0 Å². The number of hydrogen-bond acceptors (Lipinski definition) is 4. The third-order valence-electron chi connectivity index (χ3n) is 0.